The number of hydrogen-bond donors (Lipinski definition) is 2. The lowest BCUT2D eigenvalue weighted by Crippen LogP contribution is -2.32. The van der Waals surface area contributed by atoms with Gasteiger partial charge in [-0.25, -0.2) is 9.97 Å². The quantitative estimate of drug-likeness (QED) is 0.526. The number of aryl methyl sites for hydroxylation is 1. The lowest BCUT2D eigenvalue weighted by atomic mass is 9.88. The minimum absolute atomic E-state index is 0.00685. The summed E-state index contributed by atoms with van der Waals surface area (Å²) in [6.45, 7) is 5.09. The Morgan fingerprint density at radius 1 is 1.15 bits per heavy atom. The smallest absolute Gasteiger partial charge is 0.416 e. The lowest BCUT2D eigenvalue weighted by Gasteiger charge is -2.27. The number of nitrogens with zero attached hydrogens (tertiary/aromatic N) is 2. The highest BCUT2D eigenvalue weighted by Crippen LogP contribution is 2.46. The van der Waals surface area contributed by atoms with Gasteiger partial charge in [-0.05, 0) is 30.7 Å². The third-order valence-electron chi connectivity index (χ3n) is 5.71. The Morgan fingerprint density at radius 3 is 2.48 bits per heavy atom. The zero-order chi connectivity index (χ0) is 23.9. The molecule has 10 heteroatoms. The van der Waals surface area contributed by atoms with Gasteiger partial charge < -0.3 is 25.7 Å². The second-order valence-electron chi connectivity index (χ2n) is 8.19. The number of ether oxygens (including phenoxy) is 3. The number of methoxy groups -OCH3 is 1. The molecule has 0 spiro atoms. The number of nitrogen functional groups attached to an aromatic ring is 2. The van der Waals surface area contributed by atoms with E-state index >= 15 is 0 Å². The number of hydrogen-bond acceptors (Lipinski definition) is 7. The van der Waals surface area contributed by atoms with Crippen molar-refractivity contribution in [3.05, 3.63) is 46.8 Å². The van der Waals surface area contributed by atoms with Crippen LogP contribution in [0.2, 0.25) is 0 Å². The molecule has 1 atom stereocenters. The number of benzene rings is 2. The van der Waals surface area contributed by atoms with E-state index in [9.17, 15) is 13.2 Å². The minimum Gasteiger partial charge on any atom is -0.493 e. The summed E-state index contributed by atoms with van der Waals surface area (Å²) in [5.41, 5.74) is 12.7. The second-order valence-corrected chi connectivity index (χ2v) is 8.19. The summed E-state index contributed by atoms with van der Waals surface area (Å²) in [6, 6.07) is 5.22. The van der Waals surface area contributed by atoms with Gasteiger partial charge in [0.15, 0.2) is 11.5 Å². The van der Waals surface area contributed by atoms with Crippen LogP contribution in [0, 0.1) is 12.8 Å². The fraction of sp³-hybridized carbons (Fsp3) is 0.391. The second kappa shape index (κ2) is 8.58. The minimum atomic E-state index is -4.54. The molecule has 4 N–H and O–H groups in total. The van der Waals surface area contributed by atoms with E-state index < -0.39 is 17.7 Å². The van der Waals surface area contributed by atoms with Gasteiger partial charge >= 0.3 is 6.18 Å². The maximum atomic E-state index is 13.4. The molecule has 0 radical (unpaired) electrons. The van der Waals surface area contributed by atoms with Crippen molar-refractivity contribution in [1.82, 2.24) is 9.97 Å². The van der Waals surface area contributed by atoms with Gasteiger partial charge in [-0.15, -0.1) is 0 Å². The summed E-state index contributed by atoms with van der Waals surface area (Å²) in [5.74, 6) is 1.13. The summed E-state index contributed by atoms with van der Waals surface area (Å²) in [5, 5.41) is 0.500. The summed E-state index contributed by atoms with van der Waals surface area (Å²) in [4.78, 5) is 8.75. The van der Waals surface area contributed by atoms with Crippen molar-refractivity contribution in [1.29, 1.82) is 0 Å². The van der Waals surface area contributed by atoms with Gasteiger partial charge in [0.1, 0.15) is 11.6 Å². The number of nitrogens with two attached hydrogens (primary N) is 2. The first kappa shape index (κ1) is 22.9. The predicted molar refractivity (Wildman–Crippen MR) is 118 cm³/mol. The third-order valence-corrected chi connectivity index (χ3v) is 5.71. The maximum absolute atomic E-state index is 13.4. The van der Waals surface area contributed by atoms with Crippen LogP contribution < -0.4 is 20.9 Å². The molecule has 0 aliphatic carbocycles. The number of fused-ring (bicyclic) bond motifs is 1. The number of anilines is 2. The zero-order valence-electron chi connectivity index (χ0n) is 18.5. The van der Waals surface area contributed by atoms with E-state index in [4.69, 9.17) is 25.7 Å². The van der Waals surface area contributed by atoms with Crippen LogP contribution >= 0.6 is 0 Å². The van der Waals surface area contributed by atoms with Crippen molar-refractivity contribution in [2.24, 2.45) is 5.92 Å². The van der Waals surface area contributed by atoms with Crippen molar-refractivity contribution < 1.29 is 27.4 Å². The summed E-state index contributed by atoms with van der Waals surface area (Å²) in [7, 11) is 1.47. The third kappa shape index (κ3) is 4.47. The van der Waals surface area contributed by atoms with E-state index in [1.54, 1.807) is 19.9 Å². The fourth-order valence-corrected chi connectivity index (χ4v) is 4.01. The first-order valence-corrected chi connectivity index (χ1v) is 10.4. The fourth-order valence-electron chi connectivity index (χ4n) is 4.01. The molecule has 1 saturated heterocycles. The van der Waals surface area contributed by atoms with E-state index in [1.165, 1.54) is 13.2 Å². The molecular weight excluding hydrogens is 437 g/mol. The molecule has 1 aliphatic rings. The molecule has 1 aliphatic heterocycles. The number of aromatic nitrogens is 2. The maximum Gasteiger partial charge on any atom is 0.416 e. The van der Waals surface area contributed by atoms with Gasteiger partial charge in [-0.2, -0.15) is 13.2 Å². The zero-order valence-corrected chi connectivity index (χ0v) is 18.5. The molecule has 2 heterocycles. The largest absolute Gasteiger partial charge is 0.493 e. The molecule has 4 rings (SSSR count). The van der Waals surface area contributed by atoms with Crippen LogP contribution in [0.3, 0.4) is 0 Å². The topological polar surface area (TPSA) is 106 Å². The first-order chi connectivity index (χ1) is 15.6. The summed E-state index contributed by atoms with van der Waals surface area (Å²) >= 11 is 0. The van der Waals surface area contributed by atoms with E-state index in [2.05, 4.69) is 9.97 Å². The Balaban J connectivity index is 1.91. The van der Waals surface area contributed by atoms with E-state index in [-0.39, 0.29) is 17.4 Å². The molecule has 0 amide bonds. The van der Waals surface area contributed by atoms with E-state index in [1.807, 2.05) is 0 Å². The van der Waals surface area contributed by atoms with Gasteiger partial charge in [0.25, 0.3) is 0 Å². The van der Waals surface area contributed by atoms with E-state index in [0.29, 0.717) is 59.2 Å². The summed E-state index contributed by atoms with van der Waals surface area (Å²) in [6.07, 6.45) is -4.54. The van der Waals surface area contributed by atoms with Crippen molar-refractivity contribution in [2.45, 2.75) is 25.9 Å². The van der Waals surface area contributed by atoms with Crippen LogP contribution in [-0.2, 0) is 10.9 Å². The molecule has 33 heavy (non-hydrogen) atoms. The van der Waals surface area contributed by atoms with Crippen LogP contribution in [0.25, 0.3) is 10.9 Å². The highest BCUT2D eigenvalue weighted by atomic mass is 19.4. The molecule has 3 aromatic rings. The first-order valence-electron chi connectivity index (χ1n) is 10.4. The molecule has 0 bridgehead atoms. The monoisotopic (exact) mass is 462 g/mol. The normalized spacial score (nSPS) is 15.3. The Labute approximate surface area is 188 Å². The van der Waals surface area contributed by atoms with Gasteiger partial charge in [0, 0.05) is 29.2 Å². The van der Waals surface area contributed by atoms with Gasteiger partial charge in [0.05, 0.1) is 43.4 Å². The molecule has 1 fully saturated rings. The van der Waals surface area contributed by atoms with Crippen molar-refractivity contribution in [3.63, 3.8) is 0 Å². The average molecular weight is 462 g/mol. The van der Waals surface area contributed by atoms with Crippen LogP contribution in [0.5, 0.6) is 11.5 Å². The van der Waals surface area contributed by atoms with Gasteiger partial charge in [-0.3, -0.25) is 0 Å². The van der Waals surface area contributed by atoms with Crippen LogP contribution in [0.1, 0.15) is 35.4 Å². The van der Waals surface area contributed by atoms with Gasteiger partial charge in [-0.1, -0.05) is 6.92 Å². The average Bonchev–Trinajstić information content (AvgIpc) is 2.69. The molecule has 1 unspecified atom stereocenters. The molecular formula is C23H25F3N4O3. The van der Waals surface area contributed by atoms with Gasteiger partial charge in [0.2, 0.25) is 0 Å². The van der Waals surface area contributed by atoms with Crippen molar-refractivity contribution in [3.8, 4) is 11.5 Å². The summed E-state index contributed by atoms with van der Waals surface area (Å²) < 4.78 is 57.3. The standard InChI is InChI=1S/C23H25F3N4O3/c1-11(14-4-15(23(24,25)26)6-16(27)5-14)19-20-17(29-12(2)30-22(20)28)7-18(21(19)31-3)33-10-13-8-32-9-13/h4-7,11,13H,8-10,27H2,1-3H3,(H2,28,29,30). The van der Waals surface area contributed by atoms with Crippen molar-refractivity contribution >= 4 is 22.4 Å². The molecule has 2 aromatic carbocycles. The Morgan fingerprint density at radius 2 is 1.88 bits per heavy atom. The van der Waals surface area contributed by atoms with Crippen LogP contribution in [-0.4, -0.2) is 36.9 Å². The predicted octanol–water partition coefficient (Wildman–Crippen LogP) is 4.31. The number of rotatable bonds is 6. The van der Waals surface area contributed by atoms with Crippen molar-refractivity contribution in [2.75, 3.05) is 38.4 Å². The number of halogens is 3. The van der Waals surface area contributed by atoms with E-state index in [0.717, 1.165) is 12.1 Å². The lowest BCUT2D eigenvalue weighted by molar-refractivity contribution is -0.137. The molecule has 0 saturated carbocycles. The number of alkyl halides is 3. The highest BCUT2D eigenvalue weighted by molar-refractivity contribution is 5.95. The Bertz CT molecular complexity index is 1200. The molecule has 176 valence electrons. The van der Waals surface area contributed by atoms with Crippen LogP contribution in [0.4, 0.5) is 24.7 Å². The highest BCUT2D eigenvalue weighted by Gasteiger charge is 2.33. The Hall–Kier alpha value is -3.27. The molecule has 1 aromatic heterocycles. The van der Waals surface area contributed by atoms with Crippen LogP contribution in [0.15, 0.2) is 24.3 Å². The SMILES string of the molecule is COc1c(OCC2COC2)cc2nc(C)nc(N)c2c1C(C)c1cc(N)cc(C(F)(F)F)c1. The molecule has 7 nitrogen and oxygen atoms in total. The Kier molecular flexibility index (Phi) is 5.96.